The van der Waals surface area contributed by atoms with Crippen LogP contribution in [0.3, 0.4) is 0 Å². The van der Waals surface area contributed by atoms with Gasteiger partial charge in [-0.1, -0.05) is 24.3 Å². The van der Waals surface area contributed by atoms with Crippen molar-refractivity contribution in [1.82, 2.24) is 0 Å². The number of ether oxygens (including phenoxy) is 3. The second kappa shape index (κ2) is 8.31. The average molecular weight is 332 g/mol. The van der Waals surface area contributed by atoms with E-state index in [1.165, 1.54) is 0 Å². The van der Waals surface area contributed by atoms with Crippen LogP contribution in [0.25, 0.3) is 10.8 Å². The molecule has 0 aliphatic carbocycles. The molecule has 2 aromatic carbocycles. The average Bonchev–Trinajstić information content (AvgIpc) is 2.62. The number of rotatable bonds is 7. The first kappa shape index (κ1) is 17.7. The van der Waals surface area contributed by atoms with Crippen molar-refractivity contribution in [1.29, 1.82) is 0 Å². The van der Waals surface area contributed by atoms with E-state index < -0.39 is 24.5 Å². The van der Waals surface area contributed by atoms with Gasteiger partial charge >= 0.3 is 11.9 Å². The highest BCUT2D eigenvalue weighted by Gasteiger charge is 2.18. The number of hydrogen-bond donors (Lipinski definition) is 1. The molecule has 0 aliphatic heterocycles. The van der Waals surface area contributed by atoms with E-state index in [9.17, 15) is 9.59 Å². The molecule has 1 unspecified atom stereocenters. The van der Waals surface area contributed by atoms with Crippen LogP contribution in [-0.2, 0) is 19.1 Å². The van der Waals surface area contributed by atoms with E-state index >= 15 is 0 Å². The third-order valence-electron chi connectivity index (χ3n) is 3.61. The van der Waals surface area contributed by atoms with Gasteiger partial charge in [-0.25, -0.2) is 4.79 Å². The maximum Gasteiger partial charge on any atom is 0.344 e. The van der Waals surface area contributed by atoms with E-state index in [0.29, 0.717) is 0 Å². The fourth-order valence-electron chi connectivity index (χ4n) is 2.23. The van der Waals surface area contributed by atoms with Crippen molar-refractivity contribution in [2.24, 2.45) is 0 Å². The van der Waals surface area contributed by atoms with Crippen molar-refractivity contribution in [3.05, 3.63) is 42.0 Å². The number of aliphatic hydroxyl groups is 1. The number of hydrogen-bond acceptors (Lipinski definition) is 6. The third kappa shape index (κ3) is 4.45. The van der Waals surface area contributed by atoms with Gasteiger partial charge in [0.1, 0.15) is 12.4 Å². The zero-order chi connectivity index (χ0) is 17.5. The number of esters is 2. The van der Waals surface area contributed by atoms with Gasteiger partial charge in [0.25, 0.3) is 0 Å². The molecule has 0 saturated carbocycles. The van der Waals surface area contributed by atoms with Crippen LogP contribution in [-0.4, -0.2) is 44.0 Å². The van der Waals surface area contributed by atoms with Crippen molar-refractivity contribution < 1.29 is 28.9 Å². The summed E-state index contributed by atoms with van der Waals surface area (Å²) >= 11 is 0. The third-order valence-corrected chi connectivity index (χ3v) is 3.61. The largest absolute Gasteiger partial charge is 0.497 e. The number of carbonyl (C=O) groups excluding carboxylic acids is 2. The summed E-state index contributed by atoms with van der Waals surface area (Å²) in [7, 11) is 1.61. The lowest BCUT2D eigenvalue weighted by atomic mass is 9.98. The Morgan fingerprint density at radius 1 is 1.08 bits per heavy atom. The maximum absolute atomic E-state index is 12.1. The van der Waals surface area contributed by atoms with Gasteiger partial charge in [-0.2, -0.15) is 0 Å². The summed E-state index contributed by atoms with van der Waals surface area (Å²) in [5, 5.41) is 10.5. The summed E-state index contributed by atoms with van der Waals surface area (Å²) in [5.74, 6) is -0.940. The van der Waals surface area contributed by atoms with Crippen LogP contribution in [0.4, 0.5) is 0 Å². The minimum absolute atomic E-state index is 0.111. The lowest BCUT2D eigenvalue weighted by Crippen LogP contribution is -2.20. The number of methoxy groups -OCH3 is 1. The summed E-state index contributed by atoms with van der Waals surface area (Å²) in [5.41, 5.74) is 0.793. The molecule has 0 aliphatic rings. The van der Waals surface area contributed by atoms with Gasteiger partial charge in [-0.05, 0) is 35.4 Å². The van der Waals surface area contributed by atoms with Crippen molar-refractivity contribution >= 4 is 22.7 Å². The van der Waals surface area contributed by atoms with Crippen LogP contribution in [0.2, 0.25) is 0 Å². The molecule has 0 saturated heterocycles. The quantitative estimate of drug-likeness (QED) is 0.781. The van der Waals surface area contributed by atoms with Gasteiger partial charge in [0.15, 0.2) is 6.61 Å². The van der Waals surface area contributed by atoms with E-state index in [0.717, 1.165) is 22.1 Å². The van der Waals surface area contributed by atoms with E-state index in [1.807, 2.05) is 36.4 Å². The fourth-order valence-corrected chi connectivity index (χ4v) is 2.23. The maximum atomic E-state index is 12.1. The highest BCUT2D eigenvalue weighted by atomic mass is 16.6. The number of carbonyl (C=O) groups is 2. The Hall–Kier alpha value is -2.60. The molecule has 6 heteroatoms. The standard InChI is InChI=1S/C18H20O6/c1-12(18(21)24-11-17(20)23-8-7-19)13-3-4-15-10-16(22-2)6-5-14(15)9-13/h3-6,9-10,12,19H,7-8,11H2,1-2H3. The molecule has 1 atom stereocenters. The number of benzene rings is 2. The SMILES string of the molecule is COc1ccc2cc(C(C)C(=O)OCC(=O)OCCO)ccc2c1. The van der Waals surface area contributed by atoms with Crippen molar-refractivity contribution in [2.45, 2.75) is 12.8 Å². The van der Waals surface area contributed by atoms with E-state index in [-0.39, 0.29) is 13.2 Å². The van der Waals surface area contributed by atoms with Gasteiger partial charge in [0.2, 0.25) is 0 Å². The van der Waals surface area contributed by atoms with Gasteiger partial charge in [0.05, 0.1) is 19.6 Å². The fraction of sp³-hybridized carbons (Fsp3) is 0.333. The first-order valence-corrected chi connectivity index (χ1v) is 7.56. The molecule has 0 amide bonds. The topological polar surface area (TPSA) is 82.1 Å². The Morgan fingerprint density at radius 3 is 2.50 bits per heavy atom. The summed E-state index contributed by atoms with van der Waals surface area (Å²) in [6.07, 6.45) is 0. The number of fused-ring (bicyclic) bond motifs is 1. The van der Waals surface area contributed by atoms with Crippen LogP contribution in [0.15, 0.2) is 36.4 Å². The molecule has 0 spiro atoms. The van der Waals surface area contributed by atoms with E-state index in [2.05, 4.69) is 4.74 Å². The van der Waals surface area contributed by atoms with Gasteiger partial charge in [-0.15, -0.1) is 0 Å². The van der Waals surface area contributed by atoms with Gasteiger partial charge < -0.3 is 19.3 Å². The molecule has 0 radical (unpaired) electrons. The zero-order valence-electron chi connectivity index (χ0n) is 13.7. The van der Waals surface area contributed by atoms with E-state index in [1.54, 1.807) is 14.0 Å². The predicted octanol–water partition coefficient (Wildman–Crippen LogP) is 2.03. The highest BCUT2D eigenvalue weighted by Crippen LogP contribution is 2.25. The molecule has 1 N–H and O–H groups in total. The summed E-state index contributed by atoms with van der Waals surface area (Å²) < 4.78 is 14.8. The summed E-state index contributed by atoms with van der Waals surface area (Å²) in [4.78, 5) is 23.3. The Kier molecular flexibility index (Phi) is 6.14. The molecule has 2 aromatic rings. The lowest BCUT2D eigenvalue weighted by Gasteiger charge is -2.12. The predicted molar refractivity (Wildman–Crippen MR) is 87.9 cm³/mol. The molecule has 0 heterocycles. The minimum atomic E-state index is -0.685. The van der Waals surface area contributed by atoms with Gasteiger partial charge in [0, 0.05) is 0 Å². The van der Waals surface area contributed by atoms with Crippen LogP contribution in [0.1, 0.15) is 18.4 Å². The Labute approximate surface area is 139 Å². The molecule has 0 bridgehead atoms. The molecule has 6 nitrogen and oxygen atoms in total. The molecular formula is C18H20O6. The Morgan fingerprint density at radius 2 is 1.79 bits per heavy atom. The van der Waals surface area contributed by atoms with Crippen LogP contribution in [0, 0.1) is 0 Å². The molecular weight excluding hydrogens is 312 g/mol. The van der Waals surface area contributed by atoms with Crippen LogP contribution < -0.4 is 4.74 Å². The minimum Gasteiger partial charge on any atom is -0.497 e. The first-order chi connectivity index (χ1) is 11.5. The van der Waals surface area contributed by atoms with Crippen molar-refractivity contribution in [3.8, 4) is 5.75 Å². The monoisotopic (exact) mass is 332 g/mol. The Bertz CT molecular complexity index is 725. The van der Waals surface area contributed by atoms with Crippen LogP contribution in [0.5, 0.6) is 5.75 Å². The summed E-state index contributed by atoms with van der Waals surface area (Å²) in [6, 6.07) is 11.3. The molecule has 2 rings (SSSR count). The van der Waals surface area contributed by atoms with Crippen LogP contribution >= 0.6 is 0 Å². The molecule has 0 aromatic heterocycles. The highest BCUT2D eigenvalue weighted by molar-refractivity contribution is 5.87. The van der Waals surface area contributed by atoms with E-state index in [4.69, 9.17) is 14.6 Å². The summed E-state index contributed by atoms with van der Waals surface area (Å²) in [6.45, 7) is 0.873. The molecule has 0 fully saturated rings. The lowest BCUT2D eigenvalue weighted by molar-refractivity contribution is -0.160. The Balaban J connectivity index is 2.03. The van der Waals surface area contributed by atoms with Gasteiger partial charge in [-0.3, -0.25) is 4.79 Å². The smallest absolute Gasteiger partial charge is 0.344 e. The second-order valence-electron chi connectivity index (χ2n) is 5.25. The zero-order valence-corrected chi connectivity index (χ0v) is 13.7. The van der Waals surface area contributed by atoms with Crippen molar-refractivity contribution in [3.63, 3.8) is 0 Å². The first-order valence-electron chi connectivity index (χ1n) is 7.56. The normalized spacial score (nSPS) is 11.8. The van der Waals surface area contributed by atoms with Crippen molar-refractivity contribution in [2.75, 3.05) is 26.9 Å². The molecule has 24 heavy (non-hydrogen) atoms. The second-order valence-corrected chi connectivity index (χ2v) is 5.25. The molecule has 128 valence electrons. The number of aliphatic hydroxyl groups excluding tert-OH is 1.